The van der Waals surface area contributed by atoms with Crippen LogP contribution in [0.25, 0.3) is 0 Å². The van der Waals surface area contributed by atoms with Crippen molar-refractivity contribution in [1.82, 2.24) is 15.1 Å². The highest BCUT2D eigenvalue weighted by molar-refractivity contribution is 5.83. The lowest BCUT2D eigenvalue weighted by Gasteiger charge is -2.25. The highest BCUT2D eigenvalue weighted by Gasteiger charge is 2.23. The number of amides is 2. The first kappa shape index (κ1) is 18.3. The molecule has 0 bridgehead atoms. The molecule has 0 aromatic heterocycles. The summed E-state index contributed by atoms with van der Waals surface area (Å²) in [5.41, 5.74) is 0. The lowest BCUT2D eigenvalue weighted by molar-refractivity contribution is -0.134. The summed E-state index contributed by atoms with van der Waals surface area (Å²) >= 11 is 0. The van der Waals surface area contributed by atoms with E-state index in [2.05, 4.69) is 11.4 Å². The zero-order valence-electron chi connectivity index (χ0n) is 13.1. The number of terminal acetylenes is 1. The van der Waals surface area contributed by atoms with Gasteiger partial charge in [0.25, 0.3) is 0 Å². The Morgan fingerprint density at radius 2 is 1.55 bits per heavy atom. The van der Waals surface area contributed by atoms with Crippen molar-refractivity contribution >= 4 is 11.8 Å². The van der Waals surface area contributed by atoms with Gasteiger partial charge in [-0.2, -0.15) is 0 Å². The number of nitrogens with one attached hydrogen (secondary N) is 1. The topological polar surface area (TPSA) is 52.7 Å². The summed E-state index contributed by atoms with van der Waals surface area (Å²) in [5, 5.41) is 2.73. The molecule has 0 aromatic carbocycles. The maximum Gasteiger partial charge on any atom is 0.245 e. The fourth-order valence-electron chi connectivity index (χ4n) is 2.12. The van der Waals surface area contributed by atoms with E-state index in [9.17, 15) is 9.59 Å². The lowest BCUT2D eigenvalue weighted by atomic mass is 10.1. The van der Waals surface area contributed by atoms with Gasteiger partial charge in [-0.15, -0.1) is 0 Å². The van der Waals surface area contributed by atoms with Gasteiger partial charge in [-0.05, 0) is 34.1 Å². The molecule has 5 heteroatoms. The molecule has 0 rings (SSSR count). The maximum absolute atomic E-state index is 12.3. The summed E-state index contributed by atoms with van der Waals surface area (Å²) in [6.45, 7) is 10.4. The van der Waals surface area contributed by atoms with Gasteiger partial charge in [0.2, 0.25) is 11.8 Å². The van der Waals surface area contributed by atoms with Gasteiger partial charge in [-0.1, -0.05) is 6.42 Å². The van der Waals surface area contributed by atoms with E-state index in [1.165, 1.54) is 0 Å². The summed E-state index contributed by atoms with van der Waals surface area (Å²) in [5.74, 6) is 0.0199. The second-order valence-corrected chi connectivity index (χ2v) is 4.46. The maximum atomic E-state index is 12.3. The second kappa shape index (κ2) is 10.1. The van der Waals surface area contributed by atoms with Gasteiger partial charge in [-0.3, -0.25) is 9.59 Å². The molecule has 0 saturated carbocycles. The summed E-state index contributed by atoms with van der Waals surface area (Å²) in [4.78, 5) is 27.7. The van der Waals surface area contributed by atoms with E-state index >= 15 is 0 Å². The standard InChI is InChI=1S/C15H27N3O2/c1-6-16-13(15(20)18(9-4)10-5)11-12-14(19)17(7-2)8-3/h1,13,16H,7-12H2,2-5H3. The van der Waals surface area contributed by atoms with Gasteiger partial charge in [0.05, 0.1) is 0 Å². The summed E-state index contributed by atoms with van der Waals surface area (Å²) < 4.78 is 0. The average Bonchev–Trinajstić information content (AvgIpc) is 2.45. The van der Waals surface area contributed by atoms with Gasteiger partial charge in [0.1, 0.15) is 6.04 Å². The molecule has 2 amide bonds. The Hall–Kier alpha value is -1.70. The summed E-state index contributed by atoms with van der Waals surface area (Å²) in [6, 6.07) is 1.82. The Kier molecular flexibility index (Phi) is 9.27. The van der Waals surface area contributed by atoms with Crippen LogP contribution >= 0.6 is 0 Å². The van der Waals surface area contributed by atoms with Crippen LogP contribution in [0, 0.1) is 12.5 Å². The van der Waals surface area contributed by atoms with Gasteiger partial charge in [-0.25, -0.2) is 0 Å². The molecule has 0 aliphatic carbocycles. The first-order valence-electron chi connectivity index (χ1n) is 7.33. The first-order chi connectivity index (χ1) is 9.55. The third-order valence-electron chi connectivity index (χ3n) is 3.39. The minimum absolute atomic E-state index is 0.0414. The van der Waals surface area contributed by atoms with E-state index < -0.39 is 6.04 Å². The van der Waals surface area contributed by atoms with Crippen molar-refractivity contribution in [3.8, 4) is 12.5 Å². The Morgan fingerprint density at radius 1 is 1.05 bits per heavy atom. The molecule has 20 heavy (non-hydrogen) atoms. The minimum Gasteiger partial charge on any atom is -0.343 e. The smallest absolute Gasteiger partial charge is 0.245 e. The molecule has 114 valence electrons. The number of carbonyl (C=O) groups excluding carboxylic acids is 2. The Labute approximate surface area is 122 Å². The van der Waals surface area contributed by atoms with Crippen LogP contribution in [-0.2, 0) is 9.59 Å². The number of rotatable bonds is 9. The zero-order chi connectivity index (χ0) is 15.5. The summed E-state index contributed by atoms with van der Waals surface area (Å²) in [7, 11) is 0. The molecule has 0 fully saturated rings. The van der Waals surface area contributed by atoms with Gasteiger partial charge in [0, 0.05) is 38.6 Å². The molecule has 5 nitrogen and oxygen atoms in total. The van der Waals surface area contributed by atoms with Crippen molar-refractivity contribution in [2.24, 2.45) is 0 Å². The van der Waals surface area contributed by atoms with Crippen molar-refractivity contribution in [2.45, 2.75) is 46.6 Å². The number of hydrogen-bond acceptors (Lipinski definition) is 3. The molecule has 0 aliphatic rings. The first-order valence-corrected chi connectivity index (χ1v) is 7.33. The van der Waals surface area contributed by atoms with Crippen LogP contribution in [0.1, 0.15) is 40.5 Å². The number of nitrogens with zero attached hydrogens (tertiary/aromatic N) is 2. The zero-order valence-corrected chi connectivity index (χ0v) is 13.1. The number of hydrogen-bond donors (Lipinski definition) is 1. The molecule has 1 unspecified atom stereocenters. The highest BCUT2D eigenvalue weighted by atomic mass is 16.2. The van der Waals surface area contributed by atoms with Gasteiger partial charge in [0.15, 0.2) is 0 Å². The Morgan fingerprint density at radius 3 is 1.95 bits per heavy atom. The molecule has 0 aromatic rings. The van der Waals surface area contributed by atoms with Gasteiger partial charge >= 0.3 is 0 Å². The SMILES string of the molecule is C#CNC(CCC(=O)N(CC)CC)C(=O)N(CC)CC. The van der Waals surface area contributed by atoms with E-state index in [-0.39, 0.29) is 11.8 Å². The third-order valence-corrected chi connectivity index (χ3v) is 3.39. The molecular formula is C15H27N3O2. The average molecular weight is 281 g/mol. The van der Waals surface area contributed by atoms with E-state index in [1.54, 1.807) is 9.80 Å². The monoisotopic (exact) mass is 281 g/mol. The van der Waals surface area contributed by atoms with Crippen LogP contribution in [0.2, 0.25) is 0 Å². The largest absolute Gasteiger partial charge is 0.343 e. The second-order valence-electron chi connectivity index (χ2n) is 4.46. The van der Waals surface area contributed by atoms with Crippen LogP contribution in [0.4, 0.5) is 0 Å². The predicted molar refractivity (Wildman–Crippen MR) is 80.8 cm³/mol. The molecule has 0 saturated heterocycles. The number of carbonyl (C=O) groups is 2. The Bertz CT molecular complexity index is 342. The number of likely N-dealkylation sites (N-methyl/N-ethyl adjacent to an activating group) is 1. The van der Waals surface area contributed by atoms with Crippen LogP contribution in [0.5, 0.6) is 0 Å². The predicted octanol–water partition coefficient (Wildman–Crippen LogP) is 1.05. The lowest BCUT2D eigenvalue weighted by Crippen LogP contribution is -2.45. The van der Waals surface area contributed by atoms with E-state index in [0.717, 1.165) is 0 Å². The third kappa shape index (κ3) is 5.52. The van der Waals surface area contributed by atoms with Crippen LogP contribution < -0.4 is 5.32 Å². The normalized spacial score (nSPS) is 11.3. The van der Waals surface area contributed by atoms with E-state index in [4.69, 9.17) is 6.42 Å². The van der Waals surface area contributed by atoms with E-state index in [0.29, 0.717) is 39.0 Å². The molecule has 0 aliphatic heterocycles. The molecule has 0 spiro atoms. The Balaban J connectivity index is 4.60. The van der Waals surface area contributed by atoms with Crippen molar-refractivity contribution in [1.29, 1.82) is 0 Å². The van der Waals surface area contributed by atoms with Crippen LogP contribution in [0.15, 0.2) is 0 Å². The quantitative estimate of drug-likeness (QED) is 0.508. The van der Waals surface area contributed by atoms with Crippen LogP contribution in [-0.4, -0.2) is 53.8 Å². The molecule has 0 heterocycles. The minimum atomic E-state index is -0.487. The van der Waals surface area contributed by atoms with Gasteiger partial charge < -0.3 is 15.1 Å². The fraction of sp³-hybridized carbons (Fsp3) is 0.733. The van der Waals surface area contributed by atoms with Crippen molar-refractivity contribution in [3.05, 3.63) is 0 Å². The van der Waals surface area contributed by atoms with Crippen molar-refractivity contribution in [3.63, 3.8) is 0 Å². The molecular weight excluding hydrogens is 254 g/mol. The highest BCUT2D eigenvalue weighted by Crippen LogP contribution is 2.05. The van der Waals surface area contributed by atoms with Crippen LogP contribution in [0.3, 0.4) is 0 Å². The van der Waals surface area contributed by atoms with Crippen molar-refractivity contribution in [2.75, 3.05) is 26.2 Å². The fourth-order valence-corrected chi connectivity index (χ4v) is 2.12. The molecule has 1 atom stereocenters. The molecule has 1 N–H and O–H groups in total. The van der Waals surface area contributed by atoms with Crippen molar-refractivity contribution < 1.29 is 9.59 Å². The molecule has 0 radical (unpaired) electrons. The summed E-state index contributed by atoms with van der Waals surface area (Å²) in [6.07, 6.45) is 5.99. The van der Waals surface area contributed by atoms with E-state index in [1.807, 2.05) is 27.7 Å².